The number of amides is 1. The zero-order chi connectivity index (χ0) is 14.6. The topological polar surface area (TPSA) is 41.1 Å². The monoisotopic (exact) mass is 330 g/mol. The van der Waals surface area contributed by atoms with Crippen molar-refractivity contribution in [3.8, 4) is 0 Å². The van der Waals surface area contributed by atoms with E-state index in [0.717, 1.165) is 31.2 Å². The maximum atomic E-state index is 12.7. The Morgan fingerprint density at radius 3 is 2.62 bits per heavy atom. The summed E-state index contributed by atoms with van der Waals surface area (Å²) in [5.74, 6) is 0.138. The zero-order valence-electron chi connectivity index (χ0n) is 12.6. The minimum absolute atomic E-state index is 0. The van der Waals surface area contributed by atoms with Gasteiger partial charge in [-0.3, -0.25) is 4.79 Å². The van der Waals surface area contributed by atoms with E-state index in [1.807, 2.05) is 31.3 Å². The highest BCUT2D eigenvalue weighted by Gasteiger charge is 2.42. The highest BCUT2D eigenvalue weighted by Crippen LogP contribution is 2.41. The highest BCUT2D eigenvalue weighted by atomic mass is 35.5. The van der Waals surface area contributed by atoms with E-state index in [4.69, 9.17) is 11.6 Å². The van der Waals surface area contributed by atoms with Crippen molar-refractivity contribution in [1.82, 2.24) is 10.6 Å². The fraction of sp³-hybridized carbons (Fsp3) is 0.562. The minimum Gasteiger partial charge on any atom is -0.354 e. The molecule has 1 aliphatic carbocycles. The van der Waals surface area contributed by atoms with E-state index in [2.05, 4.69) is 17.6 Å². The Labute approximate surface area is 138 Å². The molecule has 1 aromatic carbocycles. The first kappa shape index (κ1) is 18.3. The van der Waals surface area contributed by atoms with Crippen molar-refractivity contribution in [2.24, 2.45) is 0 Å². The molecule has 2 N–H and O–H groups in total. The summed E-state index contributed by atoms with van der Waals surface area (Å²) in [6.07, 6.45) is 4.02. The smallest absolute Gasteiger partial charge is 0.230 e. The summed E-state index contributed by atoms with van der Waals surface area (Å²) in [6.45, 7) is 2.71. The molecule has 21 heavy (non-hydrogen) atoms. The molecule has 1 aliphatic rings. The fourth-order valence-electron chi connectivity index (χ4n) is 2.93. The molecule has 0 spiro atoms. The summed E-state index contributed by atoms with van der Waals surface area (Å²) >= 11 is 6.10. The van der Waals surface area contributed by atoms with Crippen LogP contribution in [-0.4, -0.2) is 25.5 Å². The Morgan fingerprint density at radius 2 is 2.05 bits per heavy atom. The summed E-state index contributed by atoms with van der Waals surface area (Å²) in [5.41, 5.74) is 0.662. The summed E-state index contributed by atoms with van der Waals surface area (Å²) in [4.78, 5) is 12.7. The minimum atomic E-state index is -0.391. The van der Waals surface area contributed by atoms with Crippen LogP contribution in [0.1, 0.15) is 38.2 Å². The fourth-order valence-corrected chi connectivity index (χ4v) is 3.12. The van der Waals surface area contributed by atoms with Gasteiger partial charge in [-0.2, -0.15) is 0 Å². The number of benzene rings is 1. The van der Waals surface area contributed by atoms with E-state index in [-0.39, 0.29) is 24.4 Å². The van der Waals surface area contributed by atoms with Gasteiger partial charge in [0.1, 0.15) is 0 Å². The third-order valence-corrected chi connectivity index (χ3v) is 4.57. The molecule has 1 fully saturated rings. The number of carbonyl (C=O) groups excluding carboxylic acids is 1. The maximum Gasteiger partial charge on any atom is 0.230 e. The molecule has 1 aromatic rings. The number of halogens is 2. The SMILES string of the molecule is CNC(C)CNC(=O)C1(c2cccc(Cl)c2)CCCC1.Cl. The van der Waals surface area contributed by atoms with E-state index < -0.39 is 5.41 Å². The van der Waals surface area contributed by atoms with Gasteiger partial charge in [-0.25, -0.2) is 0 Å². The van der Waals surface area contributed by atoms with E-state index >= 15 is 0 Å². The van der Waals surface area contributed by atoms with Crippen molar-refractivity contribution in [2.45, 2.75) is 44.1 Å². The molecule has 0 aliphatic heterocycles. The molecule has 1 atom stereocenters. The van der Waals surface area contributed by atoms with E-state index in [9.17, 15) is 4.79 Å². The highest BCUT2D eigenvalue weighted by molar-refractivity contribution is 6.30. The molecule has 0 aromatic heterocycles. The van der Waals surface area contributed by atoms with E-state index in [1.165, 1.54) is 0 Å². The standard InChI is InChI=1S/C16H23ClN2O.ClH/c1-12(18-2)11-19-15(20)16(8-3-4-9-16)13-6-5-7-14(17)10-13;/h5-7,10,12,18H,3-4,8-9,11H2,1-2H3,(H,19,20);1H. The van der Waals surface area contributed by atoms with Crippen molar-refractivity contribution >= 4 is 29.9 Å². The molecule has 5 heteroatoms. The van der Waals surface area contributed by atoms with E-state index in [0.29, 0.717) is 11.6 Å². The third kappa shape index (κ3) is 4.12. The lowest BCUT2D eigenvalue weighted by atomic mass is 9.78. The second-order valence-electron chi connectivity index (χ2n) is 5.70. The van der Waals surface area contributed by atoms with Crippen LogP contribution in [0.25, 0.3) is 0 Å². The van der Waals surface area contributed by atoms with Crippen molar-refractivity contribution in [3.05, 3.63) is 34.9 Å². The summed E-state index contributed by atoms with van der Waals surface area (Å²) in [5, 5.41) is 6.93. The first-order valence-corrected chi connectivity index (χ1v) is 7.68. The number of carbonyl (C=O) groups is 1. The average molecular weight is 331 g/mol. The zero-order valence-corrected chi connectivity index (χ0v) is 14.2. The second kappa shape index (κ2) is 8.02. The first-order chi connectivity index (χ1) is 9.58. The van der Waals surface area contributed by atoms with Crippen LogP contribution in [0.2, 0.25) is 5.02 Å². The van der Waals surface area contributed by atoms with Gasteiger partial charge in [0.2, 0.25) is 5.91 Å². The molecule has 0 bridgehead atoms. The van der Waals surface area contributed by atoms with Gasteiger partial charge in [-0.05, 0) is 44.5 Å². The Hall–Kier alpha value is -0.770. The van der Waals surface area contributed by atoms with Crippen molar-refractivity contribution in [2.75, 3.05) is 13.6 Å². The molecule has 0 saturated heterocycles. The number of hydrogen-bond donors (Lipinski definition) is 2. The van der Waals surface area contributed by atoms with Gasteiger partial charge >= 0.3 is 0 Å². The first-order valence-electron chi connectivity index (χ1n) is 7.30. The van der Waals surface area contributed by atoms with Gasteiger partial charge in [-0.15, -0.1) is 12.4 Å². The van der Waals surface area contributed by atoms with Crippen LogP contribution in [0, 0.1) is 0 Å². The van der Waals surface area contributed by atoms with Crippen LogP contribution in [0.5, 0.6) is 0 Å². The van der Waals surface area contributed by atoms with Gasteiger partial charge in [0, 0.05) is 17.6 Å². The Kier molecular flexibility index (Phi) is 6.98. The second-order valence-corrected chi connectivity index (χ2v) is 6.14. The Bertz CT molecular complexity index is 473. The van der Waals surface area contributed by atoms with Crippen LogP contribution >= 0.6 is 24.0 Å². The van der Waals surface area contributed by atoms with Crippen molar-refractivity contribution < 1.29 is 4.79 Å². The number of rotatable bonds is 5. The maximum absolute atomic E-state index is 12.7. The van der Waals surface area contributed by atoms with Gasteiger partial charge in [-0.1, -0.05) is 36.6 Å². The largest absolute Gasteiger partial charge is 0.354 e. The molecular formula is C16H24Cl2N2O. The average Bonchev–Trinajstić information content (AvgIpc) is 2.95. The Morgan fingerprint density at radius 1 is 1.38 bits per heavy atom. The lowest BCUT2D eigenvalue weighted by Crippen LogP contribution is -2.46. The number of likely N-dealkylation sites (N-methyl/N-ethyl adjacent to an activating group) is 1. The molecule has 3 nitrogen and oxygen atoms in total. The molecule has 1 unspecified atom stereocenters. The Balaban J connectivity index is 0.00000220. The summed E-state index contributed by atoms with van der Waals surface area (Å²) in [6, 6.07) is 8.03. The lowest BCUT2D eigenvalue weighted by Gasteiger charge is -2.29. The van der Waals surface area contributed by atoms with Crippen LogP contribution < -0.4 is 10.6 Å². The van der Waals surface area contributed by atoms with Crippen LogP contribution in [0.15, 0.2) is 24.3 Å². The van der Waals surface area contributed by atoms with Gasteiger partial charge < -0.3 is 10.6 Å². The lowest BCUT2D eigenvalue weighted by molar-refractivity contribution is -0.126. The molecule has 0 radical (unpaired) electrons. The van der Waals surface area contributed by atoms with Gasteiger partial charge in [0.25, 0.3) is 0 Å². The molecule has 118 valence electrons. The molecule has 1 amide bonds. The van der Waals surface area contributed by atoms with Crippen LogP contribution in [0.4, 0.5) is 0 Å². The summed E-state index contributed by atoms with van der Waals surface area (Å²) < 4.78 is 0. The molecular weight excluding hydrogens is 307 g/mol. The van der Waals surface area contributed by atoms with Crippen molar-refractivity contribution in [3.63, 3.8) is 0 Å². The normalized spacial score (nSPS) is 17.9. The van der Waals surface area contributed by atoms with Gasteiger partial charge in [0.05, 0.1) is 5.41 Å². The molecule has 1 saturated carbocycles. The quantitative estimate of drug-likeness (QED) is 0.869. The summed E-state index contributed by atoms with van der Waals surface area (Å²) in [7, 11) is 1.90. The number of nitrogens with one attached hydrogen (secondary N) is 2. The predicted molar refractivity (Wildman–Crippen MR) is 90.4 cm³/mol. The molecule has 0 heterocycles. The predicted octanol–water partition coefficient (Wildman–Crippen LogP) is 3.30. The van der Waals surface area contributed by atoms with Crippen molar-refractivity contribution in [1.29, 1.82) is 0 Å². The van der Waals surface area contributed by atoms with Gasteiger partial charge in [0.15, 0.2) is 0 Å². The third-order valence-electron chi connectivity index (χ3n) is 4.33. The number of hydrogen-bond acceptors (Lipinski definition) is 2. The van der Waals surface area contributed by atoms with E-state index in [1.54, 1.807) is 0 Å². The van der Waals surface area contributed by atoms with Crippen LogP contribution in [-0.2, 0) is 10.2 Å². The molecule has 2 rings (SSSR count). The van der Waals surface area contributed by atoms with Crippen LogP contribution in [0.3, 0.4) is 0 Å².